The molecular weight excluding hydrogens is 528 g/mol. The highest BCUT2D eigenvalue weighted by Gasteiger charge is 2.33. The fraction of sp³-hybridized carbons (Fsp3) is 0.208. The number of aromatic nitrogens is 1. The van der Waals surface area contributed by atoms with Crippen LogP contribution >= 0.6 is 38.9 Å². The summed E-state index contributed by atoms with van der Waals surface area (Å²) in [5.41, 5.74) is 2.19. The first-order valence-corrected chi connectivity index (χ1v) is 12.1. The van der Waals surface area contributed by atoms with Gasteiger partial charge in [0.05, 0.1) is 40.0 Å². The summed E-state index contributed by atoms with van der Waals surface area (Å²) in [6, 6.07) is 12.0. The summed E-state index contributed by atoms with van der Waals surface area (Å²) in [4.78, 5) is 31.6. The SMILES string of the molecule is CCOC(=O)C1=C(C)N=c2s/c(=C/c3ccc(Cl)cc3)c(=O)n2[C@@H]1c1ccc(OC)c(Br)c1. The molecule has 4 rings (SSSR count). The lowest BCUT2D eigenvalue weighted by Crippen LogP contribution is -2.39. The topological polar surface area (TPSA) is 69.9 Å². The third-order valence-corrected chi connectivity index (χ3v) is 7.03. The number of thiazole rings is 1. The summed E-state index contributed by atoms with van der Waals surface area (Å²) in [5.74, 6) is 0.148. The Balaban J connectivity index is 1.96. The average Bonchev–Trinajstić information content (AvgIpc) is 3.09. The van der Waals surface area contributed by atoms with E-state index in [1.807, 2.05) is 24.3 Å². The van der Waals surface area contributed by atoms with Gasteiger partial charge >= 0.3 is 5.97 Å². The van der Waals surface area contributed by atoms with Crippen LogP contribution in [0.2, 0.25) is 5.02 Å². The Morgan fingerprint density at radius 1 is 1.27 bits per heavy atom. The lowest BCUT2D eigenvalue weighted by atomic mass is 9.96. The number of benzene rings is 2. The van der Waals surface area contributed by atoms with Gasteiger partial charge in [0.1, 0.15) is 5.75 Å². The van der Waals surface area contributed by atoms with Gasteiger partial charge in [-0.2, -0.15) is 0 Å². The van der Waals surface area contributed by atoms with E-state index in [1.165, 1.54) is 11.3 Å². The Morgan fingerprint density at radius 2 is 2.00 bits per heavy atom. The largest absolute Gasteiger partial charge is 0.496 e. The molecule has 2 heterocycles. The minimum Gasteiger partial charge on any atom is -0.496 e. The number of carbonyl (C=O) groups excluding carboxylic acids is 1. The second kappa shape index (κ2) is 9.67. The molecular formula is C24H20BrClN2O4S. The minimum atomic E-state index is -0.685. The lowest BCUT2D eigenvalue weighted by Gasteiger charge is -2.25. The molecule has 1 atom stereocenters. The van der Waals surface area contributed by atoms with Crippen molar-refractivity contribution < 1.29 is 14.3 Å². The van der Waals surface area contributed by atoms with E-state index in [0.717, 1.165) is 11.1 Å². The molecule has 0 saturated heterocycles. The number of allylic oxidation sites excluding steroid dienone is 1. The van der Waals surface area contributed by atoms with Gasteiger partial charge in [0, 0.05) is 5.02 Å². The number of carbonyl (C=O) groups is 1. The van der Waals surface area contributed by atoms with Crippen LogP contribution in [0.4, 0.5) is 0 Å². The van der Waals surface area contributed by atoms with Gasteiger partial charge in [0.25, 0.3) is 5.56 Å². The molecule has 6 nitrogen and oxygen atoms in total. The van der Waals surface area contributed by atoms with Crippen LogP contribution in [0.5, 0.6) is 5.75 Å². The van der Waals surface area contributed by atoms with Gasteiger partial charge in [-0.05, 0) is 71.2 Å². The number of ether oxygens (including phenoxy) is 2. The van der Waals surface area contributed by atoms with Crippen molar-refractivity contribution >= 4 is 50.9 Å². The monoisotopic (exact) mass is 546 g/mol. The van der Waals surface area contributed by atoms with Gasteiger partial charge in [-0.3, -0.25) is 9.36 Å². The first-order chi connectivity index (χ1) is 15.8. The predicted octanol–water partition coefficient (Wildman–Crippen LogP) is 4.22. The third kappa shape index (κ3) is 4.55. The summed E-state index contributed by atoms with van der Waals surface area (Å²) in [7, 11) is 1.58. The number of hydrogen-bond acceptors (Lipinski definition) is 6. The van der Waals surface area contributed by atoms with Crippen LogP contribution in [0.15, 0.2) is 68.0 Å². The van der Waals surface area contributed by atoms with Crippen molar-refractivity contribution in [1.29, 1.82) is 0 Å². The van der Waals surface area contributed by atoms with E-state index in [2.05, 4.69) is 20.9 Å². The molecule has 0 bridgehead atoms. The molecule has 0 radical (unpaired) electrons. The quantitative estimate of drug-likeness (QED) is 0.449. The molecule has 170 valence electrons. The number of nitrogens with zero attached hydrogens (tertiary/aromatic N) is 2. The Labute approximate surface area is 207 Å². The average molecular weight is 548 g/mol. The maximum atomic E-state index is 13.6. The van der Waals surface area contributed by atoms with Crippen molar-refractivity contribution in [3.63, 3.8) is 0 Å². The highest BCUT2D eigenvalue weighted by Crippen LogP contribution is 2.34. The molecule has 0 amide bonds. The molecule has 33 heavy (non-hydrogen) atoms. The van der Waals surface area contributed by atoms with E-state index in [4.69, 9.17) is 21.1 Å². The predicted molar refractivity (Wildman–Crippen MR) is 133 cm³/mol. The zero-order chi connectivity index (χ0) is 23.7. The zero-order valence-corrected chi connectivity index (χ0v) is 21.3. The summed E-state index contributed by atoms with van der Waals surface area (Å²) in [6.07, 6.45) is 1.80. The van der Waals surface area contributed by atoms with Gasteiger partial charge in [-0.1, -0.05) is 41.1 Å². The number of hydrogen-bond donors (Lipinski definition) is 0. The first kappa shape index (κ1) is 23.5. The molecule has 0 N–H and O–H groups in total. The number of methoxy groups -OCH3 is 1. The molecule has 3 aromatic rings. The normalized spacial score (nSPS) is 15.8. The molecule has 0 spiro atoms. The van der Waals surface area contributed by atoms with E-state index < -0.39 is 12.0 Å². The fourth-order valence-electron chi connectivity index (χ4n) is 3.67. The Kier molecular flexibility index (Phi) is 6.88. The standard InChI is InChI=1S/C24H20BrClN2O4S/c1-4-32-23(30)20-13(2)27-24-28(21(20)15-7-10-18(31-3)17(25)12-15)22(29)19(33-24)11-14-5-8-16(26)9-6-14/h5-12,21H,4H2,1-3H3/b19-11+/t21-/m1/s1. The smallest absolute Gasteiger partial charge is 0.338 e. The van der Waals surface area contributed by atoms with E-state index in [9.17, 15) is 9.59 Å². The van der Waals surface area contributed by atoms with Gasteiger partial charge in [0.2, 0.25) is 0 Å². The number of rotatable bonds is 5. The van der Waals surface area contributed by atoms with Crippen LogP contribution in [0, 0.1) is 0 Å². The van der Waals surface area contributed by atoms with Crippen LogP contribution in [0.1, 0.15) is 31.0 Å². The van der Waals surface area contributed by atoms with Gasteiger partial charge < -0.3 is 9.47 Å². The van der Waals surface area contributed by atoms with E-state index in [-0.39, 0.29) is 12.2 Å². The molecule has 1 aromatic heterocycles. The van der Waals surface area contributed by atoms with Crippen LogP contribution in [-0.2, 0) is 9.53 Å². The van der Waals surface area contributed by atoms with Crippen molar-refractivity contribution in [1.82, 2.24) is 4.57 Å². The van der Waals surface area contributed by atoms with E-state index in [1.54, 1.807) is 49.8 Å². The highest BCUT2D eigenvalue weighted by atomic mass is 79.9. The first-order valence-electron chi connectivity index (χ1n) is 10.1. The minimum absolute atomic E-state index is 0.218. The molecule has 0 aliphatic carbocycles. The number of esters is 1. The van der Waals surface area contributed by atoms with Gasteiger partial charge in [-0.25, -0.2) is 9.79 Å². The number of halogens is 2. The van der Waals surface area contributed by atoms with Crippen molar-refractivity contribution in [2.45, 2.75) is 19.9 Å². The highest BCUT2D eigenvalue weighted by molar-refractivity contribution is 9.10. The zero-order valence-electron chi connectivity index (χ0n) is 18.1. The molecule has 0 unspecified atom stereocenters. The second-order valence-electron chi connectivity index (χ2n) is 7.25. The number of fused-ring (bicyclic) bond motifs is 1. The summed E-state index contributed by atoms with van der Waals surface area (Å²) in [5, 5.41) is 0.619. The van der Waals surface area contributed by atoms with E-state index >= 15 is 0 Å². The van der Waals surface area contributed by atoms with Crippen molar-refractivity contribution in [2.24, 2.45) is 4.99 Å². The molecule has 1 aliphatic heterocycles. The second-order valence-corrected chi connectivity index (χ2v) is 9.55. The van der Waals surface area contributed by atoms with Crippen molar-refractivity contribution in [3.05, 3.63) is 94.0 Å². The van der Waals surface area contributed by atoms with Crippen molar-refractivity contribution in [3.8, 4) is 5.75 Å². The fourth-order valence-corrected chi connectivity index (χ4v) is 5.40. The van der Waals surface area contributed by atoms with Crippen LogP contribution in [0.3, 0.4) is 0 Å². The molecule has 0 saturated carbocycles. The third-order valence-electron chi connectivity index (χ3n) is 5.18. The molecule has 0 fully saturated rings. The van der Waals surface area contributed by atoms with Gasteiger partial charge in [-0.15, -0.1) is 0 Å². The van der Waals surface area contributed by atoms with Gasteiger partial charge in [0.15, 0.2) is 4.80 Å². The molecule has 9 heteroatoms. The Hall–Kier alpha value is -2.68. The molecule has 1 aliphatic rings. The maximum absolute atomic E-state index is 13.6. The van der Waals surface area contributed by atoms with E-state index in [0.29, 0.717) is 35.8 Å². The van der Waals surface area contributed by atoms with Crippen molar-refractivity contribution in [2.75, 3.05) is 13.7 Å². The Morgan fingerprint density at radius 3 is 2.64 bits per heavy atom. The molecule has 2 aromatic carbocycles. The van der Waals surface area contributed by atoms with Crippen LogP contribution in [-0.4, -0.2) is 24.3 Å². The van der Waals surface area contributed by atoms with Crippen LogP contribution < -0.4 is 19.6 Å². The summed E-state index contributed by atoms with van der Waals surface area (Å²) >= 11 is 10.8. The lowest BCUT2D eigenvalue weighted by molar-refractivity contribution is -0.139. The summed E-state index contributed by atoms with van der Waals surface area (Å²) < 4.78 is 13.4. The Bertz CT molecular complexity index is 1440. The summed E-state index contributed by atoms with van der Waals surface area (Å²) in [6.45, 7) is 3.72. The van der Waals surface area contributed by atoms with Crippen LogP contribution in [0.25, 0.3) is 6.08 Å². The maximum Gasteiger partial charge on any atom is 0.338 e.